The fraction of sp³-hybridized carbons (Fsp3) is 1.00. The largest absolute Gasteiger partial charge is 2.00 e. The Balaban J connectivity index is -0.000000295. The van der Waals surface area contributed by atoms with Crippen molar-refractivity contribution >= 4 is 16.5 Å². The predicted octanol–water partition coefficient (Wildman–Crippen LogP) is 7.36. The summed E-state index contributed by atoms with van der Waals surface area (Å²) in [6.45, 7) is 21.9. The van der Waals surface area contributed by atoms with Crippen molar-refractivity contribution in [3.8, 4) is 0 Å². The SMILES string of the molecule is CC(C)C[Si](C)([NH-])C(C)C.CC(C)C[Si](C)([NH-])C(C)C.[Co+2]. The van der Waals surface area contributed by atoms with Crippen LogP contribution in [-0.4, -0.2) is 16.5 Å². The van der Waals surface area contributed by atoms with Crippen molar-refractivity contribution in [2.24, 2.45) is 11.8 Å². The number of hydrogen-bond acceptors (Lipinski definition) is 0. The van der Waals surface area contributed by atoms with E-state index in [9.17, 15) is 0 Å². The van der Waals surface area contributed by atoms with Gasteiger partial charge in [-0.15, -0.1) is 0 Å². The second-order valence-electron chi connectivity index (χ2n) is 8.34. The standard InChI is InChI=1S/2C8H20NSi.Co/c2*1-7(2)6-10(5,9)8(3)4;/h2*7-9H,6H2,1-5H3;/q2*-1;+2. The summed E-state index contributed by atoms with van der Waals surface area (Å²) in [7, 11) is -3.19. The normalized spacial score (nSPS) is 17.1. The second kappa shape index (κ2) is 11.4. The minimum absolute atomic E-state index is 0. The van der Waals surface area contributed by atoms with Crippen LogP contribution in [0.4, 0.5) is 0 Å². The van der Waals surface area contributed by atoms with Gasteiger partial charge in [0.15, 0.2) is 0 Å². The maximum Gasteiger partial charge on any atom is 2.00 e. The van der Waals surface area contributed by atoms with Crippen LogP contribution in [0.25, 0.3) is 10.8 Å². The average molecular weight is 376 g/mol. The van der Waals surface area contributed by atoms with Crippen LogP contribution in [0.5, 0.6) is 0 Å². The average Bonchev–Trinajstić information content (AvgIpc) is 2.13. The second-order valence-corrected chi connectivity index (χ2v) is 17.1. The molecule has 21 heavy (non-hydrogen) atoms. The van der Waals surface area contributed by atoms with Crippen LogP contribution in [-0.2, 0) is 16.8 Å². The first-order valence-corrected chi connectivity index (χ1v) is 13.8. The molecule has 0 spiro atoms. The summed E-state index contributed by atoms with van der Waals surface area (Å²) in [6, 6.07) is 2.29. The third kappa shape index (κ3) is 14.2. The van der Waals surface area contributed by atoms with Gasteiger partial charge in [0.2, 0.25) is 0 Å². The molecule has 0 amide bonds. The summed E-state index contributed by atoms with van der Waals surface area (Å²) in [6.07, 6.45) is 0. The van der Waals surface area contributed by atoms with E-state index in [1.165, 1.54) is 0 Å². The molecule has 0 saturated carbocycles. The summed E-state index contributed by atoms with van der Waals surface area (Å²) < 4.78 is 0. The predicted molar refractivity (Wildman–Crippen MR) is 101 cm³/mol. The molecule has 2 N–H and O–H groups in total. The monoisotopic (exact) mass is 375 g/mol. The van der Waals surface area contributed by atoms with Gasteiger partial charge in [0.25, 0.3) is 0 Å². The maximum absolute atomic E-state index is 8.05. The van der Waals surface area contributed by atoms with Crippen molar-refractivity contribution in [3.63, 3.8) is 0 Å². The number of nitrogens with one attached hydrogen (secondary N) is 2. The molecule has 0 rings (SSSR count). The molecule has 0 bridgehead atoms. The Labute approximate surface area is 147 Å². The molecule has 2 atom stereocenters. The summed E-state index contributed by atoms with van der Waals surface area (Å²) in [5, 5.41) is 16.1. The van der Waals surface area contributed by atoms with Crippen molar-refractivity contribution in [1.82, 2.24) is 0 Å². The molecular formula is C16H40CoN2Si2. The van der Waals surface area contributed by atoms with Crippen LogP contribution in [0.3, 0.4) is 0 Å². The van der Waals surface area contributed by atoms with Gasteiger partial charge in [0, 0.05) is 0 Å². The number of rotatable bonds is 6. The maximum atomic E-state index is 8.05. The van der Waals surface area contributed by atoms with Crippen LogP contribution in [0.1, 0.15) is 55.4 Å². The molecule has 0 fully saturated rings. The van der Waals surface area contributed by atoms with Crippen molar-refractivity contribution in [2.45, 2.75) is 91.7 Å². The van der Waals surface area contributed by atoms with E-state index >= 15 is 0 Å². The Morgan fingerprint density at radius 1 is 0.619 bits per heavy atom. The van der Waals surface area contributed by atoms with Gasteiger partial charge in [0.1, 0.15) is 0 Å². The van der Waals surface area contributed by atoms with Crippen LogP contribution in [0.15, 0.2) is 0 Å². The summed E-state index contributed by atoms with van der Waals surface area (Å²) >= 11 is 0. The molecule has 5 heteroatoms. The Hall–Kier alpha value is 0.860. The molecule has 0 heterocycles. The van der Waals surface area contributed by atoms with Crippen LogP contribution < -0.4 is 0 Å². The zero-order valence-corrected chi connectivity index (χ0v) is 19.1. The van der Waals surface area contributed by atoms with Crippen molar-refractivity contribution in [1.29, 1.82) is 0 Å². The topological polar surface area (TPSA) is 47.6 Å². The summed E-state index contributed by atoms with van der Waals surface area (Å²) in [4.78, 5) is 0. The quantitative estimate of drug-likeness (QED) is 0.435. The fourth-order valence-corrected chi connectivity index (χ4v) is 6.50. The van der Waals surface area contributed by atoms with Gasteiger partial charge >= 0.3 is 16.8 Å². The Morgan fingerprint density at radius 2 is 0.810 bits per heavy atom. The molecule has 0 aliphatic rings. The van der Waals surface area contributed by atoms with Crippen molar-refractivity contribution in [2.75, 3.05) is 0 Å². The minimum Gasteiger partial charge on any atom is -0.679 e. The first kappa shape index (κ1) is 26.7. The van der Waals surface area contributed by atoms with Crippen LogP contribution in [0.2, 0.25) is 36.3 Å². The molecular weight excluding hydrogens is 335 g/mol. The molecule has 2 nitrogen and oxygen atoms in total. The van der Waals surface area contributed by atoms with E-state index in [1.807, 2.05) is 0 Å². The van der Waals surface area contributed by atoms with E-state index < -0.39 is 16.5 Å². The summed E-state index contributed by atoms with van der Waals surface area (Å²) in [5.74, 6) is 1.41. The first-order chi connectivity index (χ1) is 8.72. The van der Waals surface area contributed by atoms with Gasteiger partial charge in [-0.2, -0.15) is 0 Å². The molecule has 0 aliphatic carbocycles. The molecule has 0 aliphatic heterocycles. The van der Waals surface area contributed by atoms with E-state index in [0.717, 1.165) is 12.1 Å². The van der Waals surface area contributed by atoms with Gasteiger partial charge in [-0.1, -0.05) is 120 Å². The van der Waals surface area contributed by atoms with Crippen molar-refractivity contribution < 1.29 is 16.8 Å². The number of hydrogen-bond donors (Lipinski definition) is 0. The fourth-order valence-electron chi connectivity index (χ4n) is 2.17. The third-order valence-electron chi connectivity index (χ3n) is 4.21. The summed E-state index contributed by atoms with van der Waals surface area (Å²) in [5.41, 5.74) is 1.21. The van der Waals surface area contributed by atoms with Gasteiger partial charge in [-0.05, 0) is 0 Å². The van der Waals surface area contributed by atoms with E-state index in [2.05, 4.69) is 68.5 Å². The zero-order valence-electron chi connectivity index (χ0n) is 16.1. The van der Waals surface area contributed by atoms with E-state index in [4.69, 9.17) is 10.8 Å². The van der Waals surface area contributed by atoms with Gasteiger partial charge in [0.05, 0.1) is 0 Å². The molecule has 1 radical (unpaired) electrons. The molecule has 131 valence electrons. The van der Waals surface area contributed by atoms with Gasteiger partial charge in [-0.25, -0.2) is 0 Å². The van der Waals surface area contributed by atoms with Crippen LogP contribution >= 0.6 is 0 Å². The van der Waals surface area contributed by atoms with Crippen LogP contribution in [0, 0.1) is 11.8 Å². The Bertz CT molecular complexity index is 227. The molecule has 0 aromatic carbocycles. The Morgan fingerprint density at radius 3 is 0.857 bits per heavy atom. The molecule has 0 aromatic heterocycles. The van der Waals surface area contributed by atoms with Gasteiger partial charge < -0.3 is 10.8 Å². The smallest absolute Gasteiger partial charge is 0.679 e. The molecule has 0 saturated heterocycles. The third-order valence-corrected chi connectivity index (χ3v) is 12.6. The van der Waals surface area contributed by atoms with Crippen molar-refractivity contribution in [3.05, 3.63) is 10.8 Å². The molecule has 0 aromatic rings. The van der Waals surface area contributed by atoms with E-state index in [0.29, 0.717) is 22.9 Å². The van der Waals surface area contributed by atoms with E-state index in [-0.39, 0.29) is 16.8 Å². The zero-order chi connectivity index (χ0) is 16.7. The van der Waals surface area contributed by atoms with E-state index in [1.54, 1.807) is 0 Å². The minimum atomic E-state index is -1.59. The first-order valence-electron chi connectivity index (χ1n) is 8.22. The van der Waals surface area contributed by atoms with Gasteiger partial charge in [-0.3, -0.25) is 0 Å². The Kier molecular flexibility index (Phi) is 14.5. The molecule has 2 unspecified atom stereocenters.